The normalized spacial score (nSPS) is 12.2. The minimum atomic E-state index is 0.441. The summed E-state index contributed by atoms with van der Waals surface area (Å²) in [7, 11) is 3.31. The van der Waals surface area contributed by atoms with E-state index in [4.69, 9.17) is 15.2 Å². The molecule has 1 unspecified atom stereocenters. The topological polar surface area (TPSA) is 56.5 Å². The average molecular weight is 266 g/mol. The van der Waals surface area contributed by atoms with E-state index in [1.54, 1.807) is 14.2 Å². The molecule has 19 heavy (non-hydrogen) atoms. The Morgan fingerprint density at radius 2 is 1.89 bits per heavy atom. The van der Waals surface area contributed by atoms with E-state index < -0.39 is 0 Å². The second kappa shape index (κ2) is 8.77. The summed E-state index contributed by atoms with van der Waals surface area (Å²) in [6.07, 6.45) is 3.19. The van der Waals surface area contributed by atoms with E-state index >= 15 is 0 Å². The number of nitrogens with two attached hydrogens (primary N) is 1. The van der Waals surface area contributed by atoms with Gasteiger partial charge in [-0.15, -0.1) is 0 Å². The highest BCUT2D eigenvalue weighted by molar-refractivity contribution is 5.43. The Hall–Kier alpha value is -1.26. The van der Waals surface area contributed by atoms with Crippen LogP contribution >= 0.6 is 0 Å². The lowest BCUT2D eigenvalue weighted by molar-refractivity contribution is 0.354. The highest BCUT2D eigenvalue weighted by Gasteiger charge is 2.07. The molecule has 108 valence electrons. The molecule has 1 aromatic rings. The van der Waals surface area contributed by atoms with Crippen molar-refractivity contribution in [1.82, 2.24) is 5.32 Å². The van der Waals surface area contributed by atoms with E-state index in [9.17, 15) is 0 Å². The summed E-state index contributed by atoms with van der Waals surface area (Å²) in [4.78, 5) is 0. The number of nitrogens with one attached hydrogen (secondary N) is 1. The Morgan fingerprint density at radius 1 is 1.16 bits per heavy atom. The fraction of sp³-hybridized carbons (Fsp3) is 0.600. The van der Waals surface area contributed by atoms with Crippen molar-refractivity contribution in [2.24, 2.45) is 5.73 Å². The zero-order chi connectivity index (χ0) is 14.1. The van der Waals surface area contributed by atoms with Gasteiger partial charge in [-0.25, -0.2) is 0 Å². The average Bonchev–Trinajstić information content (AvgIpc) is 2.43. The van der Waals surface area contributed by atoms with Crippen LogP contribution in [0.3, 0.4) is 0 Å². The minimum absolute atomic E-state index is 0.441. The monoisotopic (exact) mass is 266 g/mol. The van der Waals surface area contributed by atoms with Crippen LogP contribution < -0.4 is 20.5 Å². The van der Waals surface area contributed by atoms with Gasteiger partial charge < -0.3 is 20.5 Å². The lowest BCUT2D eigenvalue weighted by Crippen LogP contribution is -2.29. The van der Waals surface area contributed by atoms with E-state index in [0.29, 0.717) is 6.04 Å². The first-order valence-corrected chi connectivity index (χ1v) is 6.85. The largest absolute Gasteiger partial charge is 0.493 e. The smallest absolute Gasteiger partial charge is 0.160 e. The van der Waals surface area contributed by atoms with Crippen LogP contribution in [0.1, 0.15) is 25.3 Å². The lowest BCUT2D eigenvalue weighted by atomic mass is 10.1. The molecule has 1 aromatic carbocycles. The second-order valence-electron chi connectivity index (χ2n) is 4.74. The van der Waals surface area contributed by atoms with E-state index in [1.165, 1.54) is 5.56 Å². The number of ether oxygens (including phenoxy) is 2. The first-order valence-electron chi connectivity index (χ1n) is 6.85. The van der Waals surface area contributed by atoms with Crippen molar-refractivity contribution in [2.45, 2.75) is 32.2 Å². The SMILES string of the molecule is COc1ccc(CC(C)NCCCCN)cc1OC. The van der Waals surface area contributed by atoms with Crippen LogP contribution in [0.5, 0.6) is 11.5 Å². The number of methoxy groups -OCH3 is 2. The number of hydrogen-bond donors (Lipinski definition) is 2. The third kappa shape index (κ3) is 5.49. The summed E-state index contributed by atoms with van der Waals surface area (Å²) in [5.41, 5.74) is 6.72. The molecule has 0 aliphatic rings. The van der Waals surface area contributed by atoms with Gasteiger partial charge in [-0.05, 0) is 57.0 Å². The summed E-state index contributed by atoms with van der Waals surface area (Å²) in [5, 5.41) is 3.50. The molecule has 0 heterocycles. The number of hydrogen-bond acceptors (Lipinski definition) is 4. The zero-order valence-electron chi connectivity index (χ0n) is 12.2. The summed E-state index contributed by atoms with van der Waals surface area (Å²) in [6.45, 7) is 3.98. The van der Waals surface area contributed by atoms with Crippen molar-refractivity contribution >= 4 is 0 Å². The predicted molar refractivity (Wildman–Crippen MR) is 79.0 cm³/mol. The Balaban J connectivity index is 2.47. The van der Waals surface area contributed by atoms with E-state index in [2.05, 4.69) is 18.3 Å². The van der Waals surface area contributed by atoms with Gasteiger partial charge in [0.05, 0.1) is 14.2 Å². The highest BCUT2D eigenvalue weighted by Crippen LogP contribution is 2.27. The minimum Gasteiger partial charge on any atom is -0.493 e. The summed E-state index contributed by atoms with van der Waals surface area (Å²) < 4.78 is 10.5. The third-order valence-corrected chi connectivity index (χ3v) is 3.11. The third-order valence-electron chi connectivity index (χ3n) is 3.11. The van der Waals surface area contributed by atoms with Gasteiger partial charge in [-0.2, -0.15) is 0 Å². The van der Waals surface area contributed by atoms with Gasteiger partial charge in [0.25, 0.3) is 0 Å². The van der Waals surface area contributed by atoms with Crippen LogP contribution in [0.2, 0.25) is 0 Å². The molecule has 0 aliphatic carbocycles. The second-order valence-corrected chi connectivity index (χ2v) is 4.74. The van der Waals surface area contributed by atoms with E-state index in [1.807, 2.05) is 12.1 Å². The Morgan fingerprint density at radius 3 is 2.53 bits per heavy atom. The first-order chi connectivity index (χ1) is 9.21. The predicted octanol–water partition coefficient (Wildman–Crippen LogP) is 1.96. The summed E-state index contributed by atoms with van der Waals surface area (Å²) in [6, 6.07) is 6.52. The van der Waals surface area contributed by atoms with Crippen molar-refractivity contribution in [2.75, 3.05) is 27.3 Å². The fourth-order valence-corrected chi connectivity index (χ4v) is 2.05. The van der Waals surface area contributed by atoms with Gasteiger partial charge in [0.1, 0.15) is 0 Å². The number of benzene rings is 1. The molecular weight excluding hydrogens is 240 g/mol. The van der Waals surface area contributed by atoms with E-state index in [0.717, 1.165) is 43.9 Å². The van der Waals surface area contributed by atoms with Gasteiger partial charge in [-0.1, -0.05) is 6.07 Å². The van der Waals surface area contributed by atoms with Crippen LogP contribution in [0.4, 0.5) is 0 Å². The van der Waals surface area contributed by atoms with Gasteiger partial charge in [0.2, 0.25) is 0 Å². The molecule has 0 saturated heterocycles. The molecule has 1 rings (SSSR count). The quantitative estimate of drug-likeness (QED) is 0.671. The molecule has 0 spiro atoms. The molecule has 0 amide bonds. The van der Waals surface area contributed by atoms with Crippen LogP contribution in [-0.4, -0.2) is 33.4 Å². The van der Waals surface area contributed by atoms with Crippen molar-refractivity contribution in [3.63, 3.8) is 0 Å². The Bertz CT molecular complexity index is 369. The maximum atomic E-state index is 5.47. The summed E-state index contributed by atoms with van der Waals surface area (Å²) >= 11 is 0. The molecule has 0 bridgehead atoms. The van der Waals surface area contributed by atoms with Gasteiger partial charge in [-0.3, -0.25) is 0 Å². The van der Waals surface area contributed by atoms with Crippen molar-refractivity contribution < 1.29 is 9.47 Å². The molecule has 4 heteroatoms. The van der Waals surface area contributed by atoms with Crippen LogP contribution in [0, 0.1) is 0 Å². The van der Waals surface area contributed by atoms with Crippen LogP contribution in [-0.2, 0) is 6.42 Å². The fourth-order valence-electron chi connectivity index (χ4n) is 2.05. The van der Waals surface area contributed by atoms with Crippen molar-refractivity contribution in [1.29, 1.82) is 0 Å². The van der Waals surface area contributed by atoms with E-state index in [-0.39, 0.29) is 0 Å². The molecule has 3 N–H and O–H groups in total. The van der Waals surface area contributed by atoms with Gasteiger partial charge >= 0.3 is 0 Å². The molecule has 4 nitrogen and oxygen atoms in total. The highest BCUT2D eigenvalue weighted by atomic mass is 16.5. The number of rotatable bonds is 9. The molecule has 0 aromatic heterocycles. The molecule has 0 saturated carbocycles. The number of unbranched alkanes of at least 4 members (excludes halogenated alkanes) is 1. The molecule has 0 fully saturated rings. The van der Waals surface area contributed by atoms with Gasteiger partial charge in [0.15, 0.2) is 11.5 Å². The standard InChI is InChI=1S/C15H26N2O2/c1-12(17-9-5-4-8-16)10-13-6-7-14(18-2)15(11-13)19-3/h6-7,11-12,17H,4-5,8-10,16H2,1-3H3. The van der Waals surface area contributed by atoms with Crippen LogP contribution in [0.15, 0.2) is 18.2 Å². The van der Waals surface area contributed by atoms with Crippen molar-refractivity contribution in [3.8, 4) is 11.5 Å². The van der Waals surface area contributed by atoms with Crippen molar-refractivity contribution in [3.05, 3.63) is 23.8 Å². The first kappa shape index (κ1) is 15.8. The Labute approximate surface area is 116 Å². The Kier molecular flexibility index (Phi) is 7.30. The molecular formula is C15H26N2O2. The maximum absolute atomic E-state index is 5.47. The zero-order valence-corrected chi connectivity index (χ0v) is 12.2. The molecule has 1 atom stereocenters. The summed E-state index contributed by atoms with van der Waals surface area (Å²) in [5.74, 6) is 1.56. The molecule has 0 aliphatic heterocycles. The lowest BCUT2D eigenvalue weighted by Gasteiger charge is -2.15. The molecule has 0 radical (unpaired) electrons. The van der Waals surface area contributed by atoms with Gasteiger partial charge in [0, 0.05) is 6.04 Å². The van der Waals surface area contributed by atoms with Crippen LogP contribution in [0.25, 0.3) is 0 Å². The maximum Gasteiger partial charge on any atom is 0.160 e.